The topological polar surface area (TPSA) is 36.1 Å². The average molecular weight is 406 g/mol. The molecule has 3 aromatic carbocycles. The first kappa shape index (κ1) is 19.4. The smallest absolute Gasteiger partial charge is 0.104 e. The molecule has 0 saturated carbocycles. The van der Waals surface area contributed by atoms with Crippen molar-refractivity contribution in [1.29, 1.82) is 0 Å². The SMILES string of the molecule is Cc1ccc(C2C=C(c3ccc(C4=CNCC=C4)cc3)NC(c3ccccc3)N2)cc1. The lowest BCUT2D eigenvalue weighted by Gasteiger charge is -2.33. The molecule has 0 bridgehead atoms. The van der Waals surface area contributed by atoms with Gasteiger partial charge in [-0.05, 0) is 40.8 Å². The van der Waals surface area contributed by atoms with E-state index >= 15 is 0 Å². The molecule has 3 N–H and O–H groups in total. The van der Waals surface area contributed by atoms with Crippen LogP contribution in [0.25, 0.3) is 11.3 Å². The van der Waals surface area contributed by atoms with Gasteiger partial charge >= 0.3 is 0 Å². The molecule has 31 heavy (non-hydrogen) atoms. The molecule has 2 aliphatic heterocycles. The van der Waals surface area contributed by atoms with Gasteiger partial charge in [-0.2, -0.15) is 0 Å². The molecule has 2 unspecified atom stereocenters. The lowest BCUT2D eigenvalue weighted by atomic mass is 9.96. The van der Waals surface area contributed by atoms with Gasteiger partial charge in [-0.25, -0.2) is 0 Å². The molecule has 3 heteroatoms. The average Bonchev–Trinajstić information content (AvgIpc) is 2.85. The van der Waals surface area contributed by atoms with Crippen LogP contribution in [0, 0.1) is 6.92 Å². The van der Waals surface area contributed by atoms with Crippen molar-refractivity contribution in [1.82, 2.24) is 16.0 Å². The highest BCUT2D eigenvalue weighted by atomic mass is 15.2. The standard InChI is InChI=1S/C28H27N3/c1-20-9-11-22(12-10-20)26-18-27(31-28(30-26)24-6-3-2-4-7-24)23-15-13-21(14-16-23)25-8-5-17-29-19-25/h2-16,18-19,26,28-31H,17H2,1H3. The molecular weight excluding hydrogens is 378 g/mol. The lowest BCUT2D eigenvalue weighted by molar-refractivity contribution is 0.442. The molecule has 2 aliphatic rings. The zero-order chi connectivity index (χ0) is 21.0. The summed E-state index contributed by atoms with van der Waals surface area (Å²) in [5.41, 5.74) is 8.54. The maximum Gasteiger partial charge on any atom is 0.104 e. The maximum absolute atomic E-state index is 3.75. The Kier molecular flexibility index (Phi) is 5.42. The van der Waals surface area contributed by atoms with Gasteiger partial charge in [0.15, 0.2) is 0 Å². The van der Waals surface area contributed by atoms with Crippen LogP contribution in [0.4, 0.5) is 0 Å². The zero-order valence-electron chi connectivity index (χ0n) is 17.7. The second-order valence-corrected chi connectivity index (χ2v) is 8.11. The van der Waals surface area contributed by atoms with Crippen molar-refractivity contribution in [3.05, 3.63) is 131 Å². The van der Waals surface area contributed by atoms with E-state index in [4.69, 9.17) is 0 Å². The Morgan fingerprint density at radius 2 is 1.52 bits per heavy atom. The number of allylic oxidation sites excluding steroid dienone is 2. The highest BCUT2D eigenvalue weighted by molar-refractivity contribution is 5.76. The molecular formula is C28H27N3. The molecule has 0 amide bonds. The van der Waals surface area contributed by atoms with Gasteiger partial charge in [0.05, 0.1) is 6.04 Å². The summed E-state index contributed by atoms with van der Waals surface area (Å²) in [5.74, 6) is 0. The normalized spacial score (nSPS) is 20.3. The Balaban J connectivity index is 1.48. The molecule has 0 radical (unpaired) electrons. The fraction of sp³-hybridized carbons (Fsp3) is 0.143. The molecule has 3 aromatic rings. The van der Waals surface area contributed by atoms with Gasteiger partial charge in [-0.3, -0.25) is 5.32 Å². The number of dihydropyridines is 1. The molecule has 2 atom stereocenters. The number of nitrogens with one attached hydrogen (secondary N) is 3. The minimum absolute atomic E-state index is 0.0420. The van der Waals surface area contributed by atoms with E-state index in [2.05, 4.69) is 126 Å². The van der Waals surface area contributed by atoms with Crippen molar-refractivity contribution in [3.8, 4) is 0 Å². The number of benzene rings is 3. The first-order valence-corrected chi connectivity index (χ1v) is 10.8. The van der Waals surface area contributed by atoms with E-state index in [-0.39, 0.29) is 12.2 Å². The van der Waals surface area contributed by atoms with Gasteiger partial charge in [0.1, 0.15) is 6.17 Å². The molecule has 2 heterocycles. The summed E-state index contributed by atoms with van der Waals surface area (Å²) in [4.78, 5) is 0. The van der Waals surface area contributed by atoms with Crippen LogP contribution in [0.5, 0.6) is 0 Å². The molecule has 154 valence electrons. The third kappa shape index (κ3) is 4.32. The molecule has 0 saturated heterocycles. The lowest BCUT2D eigenvalue weighted by Crippen LogP contribution is -2.39. The Bertz CT molecular complexity index is 1120. The summed E-state index contributed by atoms with van der Waals surface area (Å²) in [6, 6.07) is 28.3. The predicted molar refractivity (Wildman–Crippen MR) is 129 cm³/mol. The second kappa shape index (κ2) is 8.66. The minimum atomic E-state index is 0.0420. The van der Waals surface area contributed by atoms with Crippen molar-refractivity contribution in [2.24, 2.45) is 0 Å². The van der Waals surface area contributed by atoms with E-state index in [1.54, 1.807) is 0 Å². The van der Waals surface area contributed by atoms with Gasteiger partial charge < -0.3 is 10.6 Å². The molecule has 0 spiro atoms. The highest BCUT2D eigenvalue weighted by Crippen LogP contribution is 2.30. The van der Waals surface area contributed by atoms with Crippen molar-refractivity contribution < 1.29 is 0 Å². The van der Waals surface area contributed by atoms with Crippen LogP contribution in [0.3, 0.4) is 0 Å². The minimum Gasteiger partial charge on any atom is -0.387 e. The number of rotatable bonds is 4. The van der Waals surface area contributed by atoms with Crippen LogP contribution in [0.1, 0.15) is 40.0 Å². The third-order valence-electron chi connectivity index (χ3n) is 5.87. The van der Waals surface area contributed by atoms with Crippen molar-refractivity contribution in [2.75, 3.05) is 6.54 Å². The quantitative estimate of drug-likeness (QED) is 0.539. The van der Waals surface area contributed by atoms with Gasteiger partial charge in [0.25, 0.3) is 0 Å². The first-order valence-electron chi connectivity index (χ1n) is 10.8. The van der Waals surface area contributed by atoms with Gasteiger partial charge in [0.2, 0.25) is 0 Å². The number of hydrogen-bond acceptors (Lipinski definition) is 3. The van der Waals surface area contributed by atoms with Gasteiger partial charge in [0, 0.05) is 18.4 Å². The Morgan fingerprint density at radius 1 is 0.774 bits per heavy atom. The van der Waals surface area contributed by atoms with E-state index in [9.17, 15) is 0 Å². The zero-order valence-corrected chi connectivity index (χ0v) is 17.7. The van der Waals surface area contributed by atoms with Crippen molar-refractivity contribution >= 4 is 11.3 Å². The van der Waals surface area contributed by atoms with Crippen LogP contribution < -0.4 is 16.0 Å². The Morgan fingerprint density at radius 3 is 2.23 bits per heavy atom. The fourth-order valence-electron chi connectivity index (χ4n) is 4.10. The molecule has 0 fully saturated rings. The monoisotopic (exact) mass is 405 g/mol. The predicted octanol–water partition coefficient (Wildman–Crippen LogP) is 5.47. The molecule has 5 rings (SSSR count). The summed E-state index contributed by atoms with van der Waals surface area (Å²) in [7, 11) is 0. The van der Waals surface area contributed by atoms with Crippen LogP contribution in [0.2, 0.25) is 0 Å². The van der Waals surface area contributed by atoms with Crippen LogP contribution in [0.15, 0.2) is 103 Å². The van der Waals surface area contributed by atoms with Crippen molar-refractivity contribution in [2.45, 2.75) is 19.1 Å². The maximum atomic E-state index is 3.75. The van der Waals surface area contributed by atoms with E-state index in [0.717, 1.165) is 12.2 Å². The van der Waals surface area contributed by atoms with Crippen LogP contribution >= 0.6 is 0 Å². The second-order valence-electron chi connectivity index (χ2n) is 8.11. The van der Waals surface area contributed by atoms with Crippen LogP contribution in [-0.2, 0) is 0 Å². The number of hydrogen-bond donors (Lipinski definition) is 3. The summed E-state index contributed by atoms with van der Waals surface area (Å²) in [5, 5.41) is 10.7. The largest absolute Gasteiger partial charge is 0.387 e. The first-order chi connectivity index (χ1) is 15.3. The summed E-state index contributed by atoms with van der Waals surface area (Å²) >= 11 is 0. The molecule has 0 aliphatic carbocycles. The Labute approximate surface area is 184 Å². The van der Waals surface area contributed by atoms with Gasteiger partial charge in [-0.15, -0.1) is 0 Å². The Hall–Kier alpha value is -3.56. The molecule has 0 aromatic heterocycles. The van der Waals surface area contributed by atoms with Crippen molar-refractivity contribution in [3.63, 3.8) is 0 Å². The summed E-state index contributed by atoms with van der Waals surface area (Å²) < 4.78 is 0. The summed E-state index contributed by atoms with van der Waals surface area (Å²) in [6.45, 7) is 3.02. The number of aryl methyl sites for hydroxylation is 1. The summed E-state index contributed by atoms with van der Waals surface area (Å²) in [6.07, 6.45) is 8.74. The van der Waals surface area contributed by atoms with E-state index in [0.29, 0.717) is 0 Å². The van der Waals surface area contributed by atoms with E-state index < -0.39 is 0 Å². The third-order valence-corrected chi connectivity index (χ3v) is 5.87. The molecule has 3 nitrogen and oxygen atoms in total. The fourth-order valence-corrected chi connectivity index (χ4v) is 4.10. The van der Waals surface area contributed by atoms with Gasteiger partial charge in [-0.1, -0.05) is 96.6 Å². The van der Waals surface area contributed by atoms with Crippen LogP contribution in [-0.4, -0.2) is 6.54 Å². The van der Waals surface area contributed by atoms with E-state index in [1.807, 2.05) is 0 Å². The van der Waals surface area contributed by atoms with E-state index in [1.165, 1.54) is 33.4 Å². The highest BCUT2D eigenvalue weighted by Gasteiger charge is 2.24.